The first kappa shape index (κ1) is 23.1. The molecule has 2 aromatic rings. The zero-order valence-electron chi connectivity index (χ0n) is 18.2. The van der Waals surface area contributed by atoms with E-state index in [9.17, 15) is 21.6 Å². The van der Waals surface area contributed by atoms with Gasteiger partial charge in [0, 0.05) is 46.1 Å². The number of morpholine rings is 1. The van der Waals surface area contributed by atoms with Crippen LogP contribution in [0, 0.1) is 0 Å². The predicted octanol–water partition coefficient (Wildman–Crippen LogP) is 0.172. The fourth-order valence-electron chi connectivity index (χ4n) is 4.23. The molecule has 0 saturated carbocycles. The fourth-order valence-corrected chi connectivity index (χ4v) is 7.43. The number of imidazole rings is 1. The number of fused-ring (bicyclic) bond motifs is 1. The summed E-state index contributed by atoms with van der Waals surface area (Å²) in [6.07, 6.45) is 1.04. The largest absolute Gasteiger partial charge is 0.379 e. The lowest BCUT2D eigenvalue weighted by Crippen LogP contribution is -2.40. The number of aryl methyl sites for hydroxylation is 2. The van der Waals surface area contributed by atoms with Crippen LogP contribution in [-0.4, -0.2) is 92.4 Å². The maximum Gasteiger partial charge on any atom is 0.243 e. The summed E-state index contributed by atoms with van der Waals surface area (Å²) in [4.78, 5) is 18.9. The molecule has 1 aromatic heterocycles. The van der Waals surface area contributed by atoms with E-state index in [1.165, 1.54) is 9.21 Å². The Balaban J connectivity index is 1.48. The van der Waals surface area contributed by atoms with Gasteiger partial charge >= 0.3 is 0 Å². The lowest BCUT2D eigenvalue weighted by atomic mass is 10.2. The summed E-state index contributed by atoms with van der Waals surface area (Å²) in [7, 11) is -3.20. The molecule has 10 nitrogen and oxygen atoms in total. The molecule has 2 saturated heterocycles. The Kier molecular flexibility index (Phi) is 6.31. The predicted molar refractivity (Wildman–Crippen MR) is 118 cm³/mol. The highest BCUT2D eigenvalue weighted by atomic mass is 32.2. The highest BCUT2D eigenvalue weighted by Crippen LogP contribution is 2.24. The molecule has 3 heterocycles. The van der Waals surface area contributed by atoms with Crippen molar-refractivity contribution in [2.24, 2.45) is 7.05 Å². The number of aromatic nitrogens is 2. The number of ether oxygens (including phenoxy) is 1. The summed E-state index contributed by atoms with van der Waals surface area (Å²) in [5, 5.41) is 0. The molecule has 2 aliphatic heterocycles. The molecule has 0 unspecified atom stereocenters. The second-order valence-electron chi connectivity index (χ2n) is 8.32. The third-order valence-electron chi connectivity index (χ3n) is 6.26. The van der Waals surface area contributed by atoms with Crippen LogP contribution in [0.5, 0.6) is 0 Å². The van der Waals surface area contributed by atoms with Crippen molar-refractivity contribution in [1.82, 2.24) is 18.8 Å². The number of sulfonamides is 1. The van der Waals surface area contributed by atoms with E-state index in [2.05, 4.69) is 4.98 Å². The Morgan fingerprint density at radius 1 is 1.28 bits per heavy atom. The van der Waals surface area contributed by atoms with Gasteiger partial charge in [-0.25, -0.2) is 21.8 Å². The van der Waals surface area contributed by atoms with E-state index in [1.54, 1.807) is 25.2 Å². The van der Waals surface area contributed by atoms with Crippen molar-refractivity contribution in [3.8, 4) is 0 Å². The molecule has 0 bridgehead atoms. The van der Waals surface area contributed by atoms with Crippen molar-refractivity contribution in [3.63, 3.8) is 0 Å². The third-order valence-corrected chi connectivity index (χ3v) is 9.91. The van der Waals surface area contributed by atoms with Crippen LogP contribution in [0.3, 0.4) is 0 Å². The van der Waals surface area contributed by atoms with Gasteiger partial charge in [0.1, 0.15) is 5.82 Å². The summed E-state index contributed by atoms with van der Waals surface area (Å²) in [6.45, 7) is 1.41. The van der Waals surface area contributed by atoms with Gasteiger partial charge < -0.3 is 14.2 Å². The van der Waals surface area contributed by atoms with Crippen molar-refractivity contribution in [1.29, 1.82) is 0 Å². The summed E-state index contributed by atoms with van der Waals surface area (Å²) in [6, 6.07) is 4.61. The maximum absolute atomic E-state index is 12.9. The Bertz CT molecular complexity index is 1230. The first-order valence-electron chi connectivity index (χ1n) is 10.6. The third kappa shape index (κ3) is 4.54. The van der Waals surface area contributed by atoms with Gasteiger partial charge in [-0.3, -0.25) is 4.79 Å². The molecule has 1 atom stereocenters. The van der Waals surface area contributed by atoms with Gasteiger partial charge in [0.15, 0.2) is 9.84 Å². The Morgan fingerprint density at radius 2 is 2.00 bits per heavy atom. The van der Waals surface area contributed by atoms with Crippen LogP contribution in [0.15, 0.2) is 23.1 Å². The Morgan fingerprint density at radius 3 is 2.66 bits per heavy atom. The monoisotopic (exact) mass is 484 g/mol. The molecule has 32 heavy (non-hydrogen) atoms. The van der Waals surface area contributed by atoms with E-state index < -0.39 is 19.9 Å². The van der Waals surface area contributed by atoms with Gasteiger partial charge in [-0.15, -0.1) is 0 Å². The topological polar surface area (TPSA) is 119 Å². The molecular weight excluding hydrogens is 456 g/mol. The molecule has 0 aliphatic carbocycles. The van der Waals surface area contributed by atoms with Gasteiger partial charge in [0.05, 0.1) is 40.6 Å². The van der Waals surface area contributed by atoms with Crippen LogP contribution in [0.4, 0.5) is 0 Å². The van der Waals surface area contributed by atoms with Crippen LogP contribution in [0.2, 0.25) is 0 Å². The van der Waals surface area contributed by atoms with Crippen molar-refractivity contribution in [3.05, 3.63) is 24.0 Å². The molecule has 0 spiro atoms. The second-order valence-corrected chi connectivity index (χ2v) is 12.5. The van der Waals surface area contributed by atoms with E-state index >= 15 is 0 Å². The zero-order valence-corrected chi connectivity index (χ0v) is 19.9. The molecular formula is C20H28N4O6S2. The van der Waals surface area contributed by atoms with E-state index in [1.807, 2.05) is 11.6 Å². The molecule has 0 radical (unpaired) electrons. The molecule has 4 rings (SSSR count). The van der Waals surface area contributed by atoms with Crippen LogP contribution >= 0.6 is 0 Å². The SMILES string of the molecule is CN(C(=O)CCc1nc2cc(S(=O)(=O)N3CCOCC3)ccc2n1C)[C@@H]1CCS(=O)(=O)C1. The molecule has 0 N–H and O–H groups in total. The first-order valence-corrected chi connectivity index (χ1v) is 13.8. The number of carbonyl (C=O) groups is 1. The number of nitrogens with zero attached hydrogens (tertiary/aromatic N) is 4. The van der Waals surface area contributed by atoms with Crippen LogP contribution in [0.1, 0.15) is 18.7 Å². The van der Waals surface area contributed by atoms with Crippen LogP contribution < -0.4 is 0 Å². The summed E-state index contributed by atoms with van der Waals surface area (Å²) < 4.78 is 57.7. The number of hydrogen-bond acceptors (Lipinski definition) is 7. The fraction of sp³-hybridized carbons (Fsp3) is 0.600. The molecule has 2 aliphatic rings. The molecule has 2 fully saturated rings. The lowest BCUT2D eigenvalue weighted by molar-refractivity contribution is -0.131. The number of hydrogen-bond donors (Lipinski definition) is 0. The average molecular weight is 485 g/mol. The van der Waals surface area contributed by atoms with E-state index in [-0.39, 0.29) is 34.8 Å². The minimum absolute atomic E-state index is 0.0158. The molecule has 1 amide bonds. The minimum Gasteiger partial charge on any atom is -0.379 e. The second kappa shape index (κ2) is 8.73. The molecule has 12 heteroatoms. The zero-order chi connectivity index (χ0) is 23.1. The van der Waals surface area contributed by atoms with Crippen LogP contribution in [0.25, 0.3) is 11.0 Å². The maximum atomic E-state index is 12.9. The summed E-state index contributed by atoms with van der Waals surface area (Å²) in [5.74, 6) is 0.675. The van der Waals surface area contributed by atoms with Gasteiger partial charge in [-0.2, -0.15) is 4.31 Å². The van der Waals surface area contributed by atoms with Crippen molar-refractivity contribution in [2.45, 2.75) is 30.2 Å². The van der Waals surface area contributed by atoms with E-state index in [0.717, 1.165) is 5.52 Å². The minimum atomic E-state index is -3.62. The van der Waals surface area contributed by atoms with Crippen LogP contribution in [-0.2, 0) is 42.9 Å². The number of benzene rings is 1. The summed E-state index contributed by atoms with van der Waals surface area (Å²) >= 11 is 0. The Labute approximate surface area is 188 Å². The van der Waals surface area contributed by atoms with Crippen molar-refractivity contribution in [2.75, 3.05) is 44.9 Å². The lowest BCUT2D eigenvalue weighted by Gasteiger charge is -2.26. The Hall–Kier alpha value is -2.02. The quantitative estimate of drug-likeness (QED) is 0.573. The average Bonchev–Trinajstić information content (AvgIpc) is 3.30. The normalized spacial score (nSPS) is 21.8. The van der Waals surface area contributed by atoms with Gasteiger partial charge in [-0.05, 0) is 24.6 Å². The van der Waals surface area contributed by atoms with E-state index in [0.29, 0.717) is 50.5 Å². The van der Waals surface area contributed by atoms with Crippen molar-refractivity contribution >= 4 is 36.8 Å². The number of rotatable bonds is 6. The van der Waals surface area contributed by atoms with Gasteiger partial charge in [-0.1, -0.05) is 0 Å². The van der Waals surface area contributed by atoms with Gasteiger partial charge in [0.2, 0.25) is 15.9 Å². The smallest absolute Gasteiger partial charge is 0.243 e. The summed E-state index contributed by atoms with van der Waals surface area (Å²) in [5.41, 5.74) is 1.34. The number of amides is 1. The highest BCUT2D eigenvalue weighted by molar-refractivity contribution is 7.91. The molecule has 176 valence electrons. The van der Waals surface area contributed by atoms with Crippen molar-refractivity contribution < 1.29 is 26.4 Å². The van der Waals surface area contributed by atoms with E-state index in [4.69, 9.17) is 4.74 Å². The standard InChI is InChI=1S/C20H28N4O6S2/c1-22(15-7-12-31(26,27)14-15)20(25)6-5-19-21-17-13-16(3-4-18(17)23(19)2)32(28,29)24-8-10-30-11-9-24/h3-4,13,15H,5-12,14H2,1-2H3/t15-/m1/s1. The number of carbonyl (C=O) groups excluding carboxylic acids is 1. The number of sulfone groups is 1. The molecule has 1 aromatic carbocycles. The van der Waals surface area contributed by atoms with Gasteiger partial charge in [0.25, 0.3) is 0 Å². The highest BCUT2D eigenvalue weighted by Gasteiger charge is 2.32. The first-order chi connectivity index (χ1) is 15.1.